The van der Waals surface area contributed by atoms with Crippen molar-refractivity contribution in [3.05, 3.63) is 0 Å². The zero-order valence-electron chi connectivity index (χ0n) is 5.19. The number of nitrogens with two attached hydrogens (primary N) is 1. The Balaban J connectivity index is 3.36. The van der Waals surface area contributed by atoms with Gasteiger partial charge in [-0.05, 0) is 13.8 Å². The summed E-state index contributed by atoms with van der Waals surface area (Å²) in [7, 11) is 0. The van der Waals surface area contributed by atoms with Gasteiger partial charge >= 0.3 is 0 Å². The Hall–Kier alpha value is 0.310. The van der Waals surface area contributed by atoms with E-state index in [4.69, 9.17) is 6.86 Å². The summed E-state index contributed by atoms with van der Waals surface area (Å²) in [5.41, 5.74) is 5.28. The molecule has 2 heteroatoms. The van der Waals surface area contributed by atoms with Gasteiger partial charge in [-0.2, -0.15) is 12.5 Å². The van der Waals surface area contributed by atoms with E-state index in [1.54, 1.807) is 0 Å². The lowest BCUT2D eigenvalue weighted by molar-refractivity contribution is 0.730. The van der Waals surface area contributed by atoms with E-state index < -0.39 is 0 Å². The lowest BCUT2D eigenvalue weighted by atomic mass is 10.2. The Bertz CT molecular complexity index is 49.7. The summed E-state index contributed by atoms with van der Waals surface area (Å²) < 4.78 is 6.79. The second-order valence-corrected chi connectivity index (χ2v) is 3.07. The number of thiol groups is 1. The first-order chi connectivity index (χ1) is 3.12. The molecule has 38 valence electrons. The lowest BCUT2D eigenvalue weighted by Gasteiger charge is -2.11. The summed E-state index contributed by atoms with van der Waals surface area (Å²) in [5, 5.41) is 0. The Morgan fingerprint density at radius 1 is 2.00 bits per heavy atom. The van der Waals surface area contributed by atoms with Gasteiger partial charge in [-0.3, -0.25) is 0 Å². The van der Waals surface area contributed by atoms with Crippen molar-refractivity contribution in [2.75, 3.05) is 6.54 Å². The van der Waals surface area contributed by atoms with E-state index in [-0.39, 0.29) is 4.75 Å². The summed E-state index contributed by atoms with van der Waals surface area (Å²) in [5.74, 6) is 0. The molecule has 0 aromatic heterocycles. The van der Waals surface area contributed by atoms with Crippen molar-refractivity contribution in [1.29, 1.82) is 1.12 Å². The molecule has 0 aliphatic heterocycles. The van der Waals surface area contributed by atoms with Gasteiger partial charge in [-0.25, -0.2) is 0 Å². The molecule has 0 amide bonds. The van der Waals surface area contributed by atoms with Gasteiger partial charge in [0.25, 0.3) is 0 Å². The summed E-state index contributed by atoms with van der Waals surface area (Å²) in [4.78, 5) is 0. The molecule has 0 fully saturated rings. The molecule has 0 aliphatic rings. The number of hydrogen-bond acceptors (Lipinski definition) is 2. The summed E-state index contributed by atoms with van der Waals surface area (Å²) >= 11 is 1.05. The highest BCUT2D eigenvalue weighted by atomic mass is 32.1. The molecule has 0 atom stereocenters. The van der Waals surface area contributed by atoms with Crippen LogP contribution in [0, 0.1) is 0 Å². The van der Waals surface area contributed by atoms with Gasteiger partial charge < -0.3 is 5.73 Å². The van der Waals surface area contributed by atoms with Crippen molar-refractivity contribution in [2.45, 2.75) is 18.6 Å². The molecule has 0 saturated heterocycles. The average molecular weight is 107 g/mol. The second kappa shape index (κ2) is 1.85. The smallest absolute Gasteiger partial charge is 0.103 e. The first-order valence-electron chi connectivity index (χ1n) is 2.37. The van der Waals surface area contributed by atoms with Crippen molar-refractivity contribution >= 4 is 12.5 Å². The zero-order valence-corrected chi connectivity index (χ0v) is 5.01. The van der Waals surface area contributed by atoms with E-state index in [1.165, 1.54) is 0 Å². The molecule has 0 unspecified atom stereocenters. The Labute approximate surface area is 45.4 Å². The predicted octanol–water partition coefficient (Wildman–Crippen LogP) is 0.654. The molecule has 0 saturated carbocycles. The van der Waals surface area contributed by atoms with Crippen LogP contribution in [0.2, 0.25) is 0 Å². The van der Waals surface area contributed by atoms with Crippen LogP contribution in [0.15, 0.2) is 0 Å². The van der Waals surface area contributed by atoms with Crippen molar-refractivity contribution in [2.24, 2.45) is 5.73 Å². The lowest BCUT2D eigenvalue weighted by Crippen LogP contribution is -2.23. The second-order valence-electron chi connectivity index (χ2n) is 1.96. The third kappa shape index (κ3) is 4.31. The Morgan fingerprint density at radius 3 is 2.50 bits per heavy atom. The molecule has 0 aromatic carbocycles. The van der Waals surface area contributed by atoms with E-state index in [9.17, 15) is 0 Å². The maximum atomic E-state index is 6.84. The highest BCUT2D eigenvalue weighted by molar-refractivity contribution is 7.81. The number of hydrogen-bond donors (Lipinski definition) is 2. The first kappa shape index (κ1) is 4.47. The van der Waals surface area contributed by atoms with Gasteiger partial charge in [0.2, 0.25) is 0 Å². The summed E-state index contributed by atoms with van der Waals surface area (Å²) in [6, 6.07) is 0. The third-order valence-electron chi connectivity index (χ3n) is 0.492. The van der Waals surface area contributed by atoms with Crippen LogP contribution in [0.25, 0.3) is 0 Å². The minimum atomic E-state index is -0.0556. The standard InChI is InChI=1S/C4H11NS/c1-4(2,6)3-5/h6H,3,5H2,1-2H3/i/hT. The van der Waals surface area contributed by atoms with E-state index in [2.05, 4.69) is 0 Å². The molecule has 0 rings (SSSR count). The quantitative estimate of drug-likeness (QED) is 0.498. The van der Waals surface area contributed by atoms with E-state index in [0.29, 0.717) is 6.54 Å². The molecule has 0 radical (unpaired) electrons. The molecule has 0 spiro atoms. The maximum absolute atomic E-state index is 6.84. The molecule has 0 bridgehead atoms. The van der Waals surface area contributed by atoms with Crippen molar-refractivity contribution in [3.8, 4) is 0 Å². The van der Waals surface area contributed by atoms with Crippen LogP contribution in [-0.2, 0) is 0 Å². The van der Waals surface area contributed by atoms with Crippen molar-refractivity contribution in [3.63, 3.8) is 0 Å². The monoisotopic (exact) mass is 107 g/mol. The maximum Gasteiger partial charge on any atom is 0.103 e. The van der Waals surface area contributed by atoms with Crippen molar-refractivity contribution in [1.82, 2.24) is 0 Å². The Morgan fingerprint density at radius 2 is 2.50 bits per heavy atom. The normalized spacial score (nSPS) is 14.2. The summed E-state index contributed by atoms with van der Waals surface area (Å²) in [6.45, 7) is 4.47. The van der Waals surface area contributed by atoms with E-state index in [0.717, 1.165) is 12.5 Å². The van der Waals surface area contributed by atoms with E-state index in [1.807, 2.05) is 13.8 Å². The fraction of sp³-hybridized carbons (Fsp3) is 1.00. The molecular formula is C4H11NS. The van der Waals surface area contributed by atoms with Crippen LogP contribution >= 0.6 is 12.5 Å². The highest BCUT2D eigenvalue weighted by Crippen LogP contribution is 2.06. The number of rotatable bonds is 2. The molecule has 0 aromatic rings. The van der Waals surface area contributed by atoms with Crippen LogP contribution in [0.3, 0.4) is 0 Å². The minimum absolute atomic E-state index is 0.0556. The molecule has 2 N–H and O–H groups in total. The van der Waals surface area contributed by atoms with Gasteiger partial charge in [0.15, 0.2) is 0 Å². The van der Waals surface area contributed by atoms with Crippen LogP contribution in [0.4, 0.5) is 0 Å². The third-order valence-corrected chi connectivity index (χ3v) is 0.658. The molecule has 1 nitrogen and oxygen atoms in total. The molecule has 0 heterocycles. The van der Waals surface area contributed by atoms with Crippen LogP contribution in [0.1, 0.15) is 13.8 Å². The minimum Gasteiger partial charge on any atom is -0.329 e. The molecule has 6 heavy (non-hydrogen) atoms. The van der Waals surface area contributed by atoms with Crippen molar-refractivity contribution < 1.29 is 0 Å². The SMILES string of the molecule is [3H]SC(C)(C)CN. The predicted molar refractivity (Wildman–Crippen MR) is 32.1 cm³/mol. The van der Waals surface area contributed by atoms with Gasteiger partial charge in [0.05, 0.1) is 0 Å². The fourth-order valence-corrected chi connectivity index (χ4v) is 0. The van der Waals surface area contributed by atoms with Gasteiger partial charge in [-0.1, -0.05) is 0 Å². The zero-order chi connectivity index (χ0) is 5.91. The Kier molecular flexibility index (Phi) is 1.37. The topological polar surface area (TPSA) is 26.0 Å². The fourth-order valence-electron chi connectivity index (χ4n) is 0. The largest absolute Gasteiger partial charge is 0.329 e. The molecule has 0 aliphatic carbocycles. The van der Waals surface area contributed by atoms with E-state index >= 15 is 0 Å². The first-order valence-corrected chi connectivity index (χ1v) is 2.37. The molecular weight excluding hydrogens is 94.1 g/mol. The highest BCUT2D eigenvalue weighted by Gasteiger charge is 2.05. The van der Waals surface area contributed by atoms with Crippen LogP contribution in [0.5, 0.6) is 0 Å². The van der Waals surface area contributed by atoms with Crippen LogP contribution in [-0.4, -0.2) is 12.4 Å². The van der Waals surface area contributed by atoms with Gasteiger partial charge in [0, 0.05) is 11.3 Å². The van der Waals surface area contributed by atoms with Gasteiger partial charge in [-0.15, -0.1) is 0 Å². The van der Waals surface area contributed by atoms with Gasteiger partial charge in [0.1, 0.15) is 1.12 Å². The van der Waals surface area contributed by atoms with Crippen LogP contribution < -0.4 is 5.73 Å². The summed E-state index contributed by atoms with van der Waals surface area (Å²) in [6.07, 6.45) is 0. The average Bonchev–Trinajstić information content (AvgIpc) is 1.68.